The molecule has 108 valence electrons. The van der Waals surface area contributed by atoms with E-state index in [1.165, 1.54) is 4.57 Å². The molecule has 1 aliphatic rings. The highest BCUT2D eigenvalue weighted by molar-refractivity contribution is 5.73. The van der Waals surface area contributed by atoms with Gasteiger partial charge in [-0.1, -0.05) is 6.07 Å². The van der Waals surface area contributed by atoms with Gasteiger partial charge in [-0.25, -0.2) is 4.79 Å². The number of likely N-dealkylation sites (tertiary alicyclic amines) is 1. The molecule has 20 heavy (non-hydrogen) atoms. The number of rotatable bonds is 3. The summed E-state index contributed by atoms with van der Waals surface area (Å²) in [6, 6.07) is 5.94. The van der Waals surface area contributed by atoms with Crippen LogP contribution in [0.5, 0.6) is 0 Å². The molecule has 2 heterocycles. The van der Waals surface area contributed by atoms with Gasteiger partial charge in [-0.2, -0.15) is 0 Å². The first-order valence-electron chi connectivity index (χ1n) is 7.09. The number of hydrogen-bond acceptors (Lipinski definition) is 4. The molecule has 0 unspecified atom stereocenters. The number of fused-ring (bicyclic) bond motifs is 1. The van der Waals surface area contributed by atoms with E-state index in [0.717, 1.165) is 43.6 Å². The second kappa shape index (κ2) is 5.42. The third kappa shape index (κ3) is 2.51. The normalized spacial score (nSPS) is 17.9. The zero-order valence-corrected chi connectivity index (χ0v) is 11.7. The summed E-state index contributed by atoms with van der Waals surface area (Å²) >= 11 is 0. The third-order valence-corrected chi connectivity index (χ3v) is 4.23. The molecular formula is C15H20N2O3. The van der Waals surface area contributed by atoms with Crippen LogP contribution in [-0.2, 0) is 13.6 Å². The van der Waals surface area contributed by atoms with Crippen LogP contribution < -0.4 is 5.76 Å². The van der Waals surface area contributed by atoms with Crippen molar-refractivity contribution >= 4 is 11.1 Å². The van der Waals surface area contributed by atoms with Crippen molar-refractivity contribution in [2.24, 2.45) is 13.0 Å². The molecule has 0 radical (unpaired) electrons. The molecule has 2 aromatic rings. The third-order valence-electron chi connectivity index (χ3n) is 4.23. The van der Waals surface area contributed by atoms with E-state index in [9.17, 15) is 4.79 Å². The molecule has 5 nitrogen and oxygen atoms in total. The lowest BCUT2D eigenvalue weighted by Gasteiger charge is -2.30. The molecule has 0 saturated carbocycles. The number of nitrogens with zero attached hydrogens (tertiary/aromatic N) is 2. The summed E-state index contributed by atoms with van der Waals surface area (Å²) in [6.07, 6.45) is 2.11. The lowest BCUT2D eigenvalue weighted by molar-refractivity contribution is 0.127. The highest BCUT2D eigenvalue weighted by atomic mass is 16.4. The zero-order chi connectivity index (χ0) is 14.1. The Hall–Kier alpha value is -1.59. The molecule has 1 fully saturated rings. The van der Waals surface area contributed by atoms with Gasteiger partial charge in [0.1, 0.15) is 0 Å². The monoisotopic (exact) mass is 276 g/mol. The highest BCUT2D eigenvalue weighted by Crippen LogP contribution is 2.20. The average Bonchev–Trinajstić information content (AvgIpc) is 2.74. The Morgan fingerprint density at radius 3 is 2.80 bits per heavy atom. The molecule has 1 aromatic carbocycles. The van der Waals surface area contributed by atoms with Crippen LogP contribution in [0.1, 0.15) is 18.4 Å². The van der Waals surface area contributed by atoms with Crippen LogP contribution in [0.25, 0.3) is 11.1 Å². The summed E-state index contributed by atoms with van der Waals surface area (Å²) in [7, 11) is 1.72. The van der Waals surface area contributed by atoms with Crippen LogP contribution in [0.4, 0.5) is 0 Å². The van der Waals surface area contributed by atoms with E-state index in [1.54, 1.807) is 7.05 Å². The molecule has 0 aliphatic carbocycles. The standard InChI is InChI=1S/C15H20N2O3/c1-16-13-3-2-12(8-14(13)20-15(16)19)9-17-6-4-11(10-18)5-7-17/h2-3,8,11,18H,4-7,9-10H2,1H3. The Balaban J connectivity index is 1.73. The Labute approximate surface area is 117 Å². The van der Waals surface area contributed by atoms with Gasteiger partial charge in [0, 0.05) is 20.2 Å². The fourth-order valence-electron chi connectivity index (χ4n) is 2.86. The predicted octanol–water partition coefficient (Wildman–Crippen LogP) is 1.34. The van der Waals surface area contributed by atoms with Crippen molar-refractivity contribution < 1.29 is 9.52 Å². The number of hydrogen-bond donors (Lipinski definition) is 1. The van der Waals surface area contributed by atoms with Crippen molar-refractivity contribution in [3.05, 3.63) is 34.3 Å². The van der Waals surface area contributed by atoms with E-state index in [0.29, 0.717) is 18.1 Å². The number of aromatic nitrogens is 1. The topological polar surface area (TPSA) is 58.6 Å². The first-order chi connectivity index (χ1) is 9.67. The van der Waals surface area contributed by atoms with Crippen molar-refractivity contribution in [2.45, 2.75) is 19.4 Å². The number of piperidine rings is 1. The fraction of sp³-hybridized carbons (Fsp3) is 0.533. The van der Waals surface area contributed by atoms with Gasteiger partial charge in [-0.05, 0) is 49.5 Å². The molecule has 3 rings (SSSR count). The predicted molar refractivity (Wildman–Crippen MR) is 76.5 cm³/mol. The number of oxazole rings is 1. The molecule has 0 bridgehead atoms. The van der Waals surface area contributed by atoms with Gasteiger partial charge >= 0.3 is 5.76 Å². The van der Waals surface area contributed by atoms with Crippen LogP contribution in [0.15, 0.2) is 27.4 Å². The maximum atomic E-state index is 11.5. The number of aliphatic hydroxyl groups is 1. The molecule has 1 aliphatic heterocycles. The maximum Gasteiger partial charge on any atom is 0.419 e. The Morgan fingerprint density at radius 1 is 1.35 bits per heavy atom. The van der Waals surface area contributed by atoms with E-state index in [-0.39, 0.29) is 5.76 Å². The fourth-order valence-corrected chi connectivity index (χ4v) is 2.86. The van der Waals surface area contributed by atoms with Crippen molar-refractivity contribution in [1.82, 2.24) is 9.47 Å². The molecule has 5 heteroatoms. The Kier molecular flexibility index (Phi) is 3.63. The maximum absolute atomic E-state index is 11.5. The number of aryl methyl sites for hydroxylation is 1. The minimum atomic E-state index is -0.319. The van der Waals surface area contributed by atoms with Crippen LogP contribution in [-0.4, -0.2) is 34.3 Å². The van der Waals surface area contributed by atoms with Crippen LogP contribution in [0, 0.1) is 5.92 Å². The van der Waals surface area contributed by atoms with Crippen LogP contribution in [0.2, 0.25) is 0 Å². The van der Waals surface area contributed by atoms with Gasteiger partial charge in [-0.15, -0.1) is 0 Å². The quantitative estimate of drug-likeness (QED) is 0.919. The van der Waals surface area contributed by atoms with Gasteiger partial charge in [0.2, 0.25) is 0 Å². The molecule has 0 atom stereocenters. The summed E-state index contributed by atoms with van der Waals surface area (Å²) in [6.45, 7) is 3.20. The van der Waals surface area contributed by atoms with Crippen LogP contribution >= 0.6 is 0 Å². The van der Waals surface area contributed by atoms with Gasteiger partial charge in [-0.3, -0.25) is 9.47 Å². The van der Waals surface area contributed by atoms with Gasteiger partial charge in [0.25, 0.3) is 0 Å². The minimum absolute atomic E-state index is 0.301. The first kappa shape index (κ1) is 13.4. The summed E-state index contributed by atoms with van der Waals surface area (Å²) in [5.41, 5.74) is 2.65. The summed E-state index contributed by atoms with van der Waals surface area (Å²) in [4.78, 5) is 13.9. The van der Waals surface area contributed by atoms with Crippen molar-refractivity contribution in [1.29, 1.82) is 0 Å². The minimum Gasteiger partial charge on any atom is -0.408 e. The molecule has 0 spiro atoms. The summed E-state index contributed by atoms with van der Waals surface area (Å²) < 4.78 is 6.74. The smallest absolute Gasteiger partial charge is 0.408 e. The molecular weight excluding hydrogens is 256 g/mol. The van der Waals surface area contributed by atoms with E-state index < -0.39 is 0 Å². The first-order valence-corrected chi connectivity index (χ1v) is 7.09. The van der Waals surface area contributed by atoms with E-state index in [2.05, 4.69) is 11.0 Å². The molecule has 0 amide bonds. The summed E-state index contributed by atoms with van der Waals surface area (Å²) in [5, 5.41) is 9.15. The highest BCUT2D eigenvalue weighted by Gasteiger charge is 2.18. The van der Waals surface area contributed by atoms with Crippen LogP contribution in [0.3, 0.4) is 0 Å². The Bertz CT molecular complexity index is 651. The molecule has 1 N–H and O–H groups in total. The SMILES string of the molecule is Cn1c(=O)oc2cc(CN3CCC(CO)CC3)ccc21. The Morgan fingerprint density at radius 2 is 2.10 bits per heavy atom. The number of benzene rings is 1. The van der Waals surface area contributed by atoms with E-state index >= 15 is 0 Å². The molecule has 1 aromatic heterocycles. The van der Waals surface area contributed by atoms with Gasteiger partial charge in [0.15, 0.2) is 5.58 Å². The second-order valence-corrected chi connectivity index (χ2v) is 5.63. The van der Waals surface area contributed by atoms with E-state index in [1.807, 2.05) is 12.1 Å². The lowest BCUT2D eigenvalue weighted by Crippen LogP contribution is -2.34. The summed E-state index contributed by atoms with van der Waals surface area (Å²) in [5.74, 6) is 0.141. The largest absolute Gasteiger partial charge is 0.419 e. The van der Waals surface area contributed by atoms with Crippen molar-refractivity contribution in [2.75, 3.05) is 19.7 Å². The lowest BCUT2D eigenvalue weighted by atomic mass is 9.97. The van der Waals surface area contributed by atoms with Crippen molar-refractivity contribution in [3.63, 3.8) is 0 Å². The average molecular weight is 276 g/mol. The zero-order valence-electron chi connectivity index (χ0n) is 11.7. The van der Waals surface area contributed by atoms with Crippen molar-refractivity contribution in [3.8, 4) is 0 Å². The van der Waals surface area contributed by atoms with Gasteiger partial charge < -0.3 is 9.52 Å². The van der Waals surface area contributed by atoms with E-state index in [4.69, 9.17) is 9.52 Å². The molecule has 1 saturated heterocycles. The second-order valence-electron chi connectivity index (χ2n) is 5.63. The van der Waals surface area contributed by atoms with Gasteiger partial charge in [0.05, 0.1) is 5.52 Å². The number of aliphatic hydroxyl groups excluding tert-OH is 1.